The van der Waals surface area contributed by atoms with Crippen molar-refractivity contribution in [2.75, 3.05) is 24.6 Å². The summed E-state index contributed by atoms with van der Waals surface area (Å²) in [6, 6.07) is 4.15. The molecule has 0 saturated carbocycles. The number of rotatable bonds is 7. The van der Waals surface area contributed by atoms with Gasteiger partial charge in [-0.3, -0.25) is 4.79 Å². The third-order valence-electron chi connectivity index (χ3n) is 4.06. The number of nitrogen functional groups attached to an aromatic ring is 1. The Labute approximate surface area is 126 Å². The van der Waals surface area contributed by atoms with E-state index in [0.717, 1.165) is 19.4 Å². The fraction of sp³-hybridized carbons (Fsp3) is 0.562. The number of nitrogens with zero attached hydrogens (tertiary/aromatic N) is 1. The van der Waals surface area contributed by atoms with Gasteiger partial charge in [-0.15, -0.1) is 0 Å². The van der Waals surface area contributed by atoms with Crippen LogP contribution in [0.4, 0.5) is 15.8 Å². The molecule has 5 heteroatoms. The van der Waals surface area contributed by atoms with Gasteiger partial charge in [-0.25, -0.2) is 4.39 Å². The van der Waals surface area contributed by atoms with Gasteiger partial charge in [0.05, 0.1) is 5.69 Å². The normalized spacial score (nSPS) is 11.7. The van der Waals surface area contributed by atoms with Crippen molar-refractivity contribution in [3.8, 4) is 0 Å². The molecule has 0 aliphatic heterocycles. The van der Waals surface area contributed by atoms with Crippen molar-refractivity contribution in [3.05, 3.63) is 24.0 Å². The van der Waals surface area contributed by atoms with Gasteiger partial charge >= 0.3 is 0 Å². The lowest BCUT2D eigenvalue weighted by atomic mass is 10.00. The standard InChI is InChI=1S/C16H26FN3O/c1-5-16(2,3)20(4)10-6-7-15(21)19-14-11-12(18)8-9-13(14)17/h8-9,11H,5-7,10,18H2,1-4H3,(H,19,21). The van der Waals surface area contributed by atoms with Gasteiger partial charge in [0.15, 0.2) is 0 Å². The number of amides is 1. The second-order valence-corrected chi connectivity index (χ2v) is 5.98. The summed E-state index contributed by atoms with van der Waals surface area (Å²) in [7, 11) is 2.05. The van der Waals surface area contributed by atoms with Crippen LogP contribution in [0.3, 0.4) is 0 Å². The van der Waals surface area contributed by atoms with E-state index in [-0.39, 0.29) is 17.1 Å². The molecule has 0 bridgehead atoms. The quantitative estimate of drug-likeness (QED) is 0.759. The van der Waals surface area contributed by atoms with Gasteiger partial charge < -0.3 is 16.0 Å². The molecule has 1 aromatic carbocycles. The van der Waals surface area contributed by atoms with Gasteiger partial charge in [0.1, 0.15) is 5.82 Å². The Morgan fingerprint density at radius 2 is 2.10 bits per heavy atom. The number of benzene rings is 1. The number of nitrogens with one attached hydrogen (secondary N) is 1. The van der Waals surface area contributed by atoms with Crippen LogP contribution in [0.15, 0.2) is 18.2 Å². The molecule has 3 N–H and O–H groups in total. The Kier molecular flexibility index (Phi) is 6.15. The second-order valence-electron chi connectivity index (χ2n) is 5.98. The predicted octanol–water partition coefficient (Wildman–Crippen LogP) is 3.25. The van der Waals surface area contributed by atoms with Crippen LogP contribution in [0.2, 0.25) is 0 Å². The van der Waals surface area contributed by atoms with Crippen molar-refractivity contribution in [3.63, 3.8) is 0 Å². The average Bonchev–Trinajstić information content (AvgIpc) is 2.42. The van der Waals surface area contributed by atoms with Crippen molar-refractivity contribution < 1.29 is 9.18 Å². The Morgan fingerprint density at radius 1 is 1.43 bits per heavy atom. The molecule has 118 valence electrons. The molecular weight excluding hydrogens is 269 g/mol. The molecular formula is C16H26FN3O. The first-order chi connectivity index (χ1) is 9.76. The minimum absolute atomic E-state index is 0.121. The van der Waals surface area contributed by atoms with E-state index in [1.54, 1.807) is 0 Å². The van der Waals surface area contributed by atoms with Crippen molar-refractivity contribution in [1.29, 1.82) is 0 Å². The third kappa shape index (κ3) is 5.34. The Morgan fingerprint density at radius 3 is 2.71 bits per heavy atom. The van der Waals surface area contributed by atoms with Gasteiger partial charge in [0.25, 0.3) is 0 Å². The van der Waals surface area contributed by atoms with Crippen LogP contribution < -0.4 is 11.1 Å². The molecule has 4 nitrogen and oxygen atoms in total. The fourth-order valence-corrected chi connectivity index (χ4v) is 1.90. The SMILES string of the molecule is CCC(C)(C)N(C)CCCC(=O)Nc1cc(N)ccc1F. The molecule has 0 heterocycles. The highest BCUT2D eigenvalue weighted by Gasteiger charge is 2.20. The maximum atomic E-state index is 13.5. The first-order valence-electron chi connectivity index (χ1n) is 7.32. The largest absolute Gasteiger partial charge is 0.399 e. The summed E-state index contributed by atoms with van der Waals surface area (Å²) in [6.45, 7) is 7.32. The van der Waals surface area contributed by atoms with E-state index in [2.05, 4.69) is 38.0 Å². The lowest BCUT2D eigenvalue weighted by molar-refractivity contribution is -0.116. The van der Waals surface area contributed by atoms with E-state index in [9.17, 15) is 9.18 Å². The number of hydrogen-bond acceptors (Lipinski definition) is 3. The van der Waals surface area contributed by atoms with Gasteiger partial charge in [-0.2, -0.15) is 0 Å². The molecule has 0 fully saturated rings. The van der Waals surface area contributed by atoms with Crippen LogP contribution >= 0.6 is 0 Å². The maximum Gasteiger partial charge on any atom is 0.224 e. The summed E-state index contributed by atoms with van der Waals surface area (Å²) in [4.78, 5) is 14.1. The molecule has 0 saturated heterocycles. The predicted molar refractivity (Wildman–Crippen MR) is 85.7 cm³/mol. The maximum absolute atomic E-state index is 13.5. The van der Waals surface area contributed by atoms with Crippen LogP contribution in [0.25, 0.3) is 0 Å². The summed E-state index contributed by atoms with van der Waals surface area (Å²) in [5, 5.41) is 2.57. The van der Waals surface area contributed by atoms with Crippen LogP contribution in [0, 0.1) is 5.82 Å². The number of carbonyl (C=O) groups excluding carboxylic acids is 1. The topological polar surface area (TPSA) is 58.4 Å². The van der Waals surface area contributed by atoms with Gasteiger partial charge in [0.2, 0.25) is 5.91 Å². The van der Waals surface area contributed by atoms with Crippen LogP contribution in [0.1, 0.15) is 40.0 Å². The third-order valence-corrected chi connectivity index (χ3v) is 4.06. The summed E-state index contributed by atoms with van der Waals surface area (Å²) in [5.41, 5.74) is 6.27. The molecule has 0 aliphatic carbocycles. The van der Waals surface area contributed by atoms with Crippen molar-refractivity contribution in [2.24, 2.45) is 0 Å². The molecule has 0 radical (unpaired) electrons. The molecule has 0 aliphatic rings. The van der Waals surface area contributed by atoms with Crippen molar-refractivity contribution >= 4 is 17.3 Å². The van der Waals surface area contributed by atoms with Gasteiger partial charge in [-0.1, -0.05) is 6.92 Å². The molecule has 1 amide bonds. The Bertz CT molecular complexity index is 488. The lowest BCUT2D eigenvalue weighted by Gasteiger charge is -2.34. The zero-order valence-corrected chi connectivity index (χ0v) is 13.4. The molecule has 0 atom stereocenters. The Hall–Kier alpha value is -1.62. The van der Waals surface area contributed by atoms with Crippen molar-refractivity contribution in [1.82, 2.24) is 4.90 Å². The minimum Gasteiger partial charge on any atom is -0.399 e. The number of carbonyl (C=O) groups is 1. The highest BCUT2D eigenvalue weighted by atomic mass is 19.1. The Balaban J connectivity index is 2.43. The molecule has 0 spiro atoms. The van der Waals surface area contributed by atoms with Crippen molar-refractivity contribution in [2.45, 2.75) is 45.6 Å². The summed E-state index contributed by atoms with van der Waals surface area (Å²) in [5.74, 6) is -0.663. The van der Waals surface area contributed by atoms with Crippen LogP contribution in [0.5, 0.6) is 0 Å². The first kappa shape index (κ1) is 17.4. The van der Waals surface area contributed by atoms with E-state index in [4.69, 9.17) is 5.73 Å². The number of halogens is 1. The highest BCUT2D eigenvalue weighted by Crippen LogP contribution is 2.19. The second kappa shape index (κ2) is 7.41. The van der Waals surface area contributed by atoms with Crippen LogP contribution in [-0.4, -0.2) is 29.9 Å². The van der Waals surface area contributed by atoms with E-state index in [1.807, 2.05) is 0 Å². The van der Waals surface area contributed by atoms with Crippen LogP contribution in [-0.2, 0) is 4.79 Å². The zero-order valence-electron chi connectivity index (χ0n) is 13.4. The highest BCUT2D eigenvalue weighted by molar-refractivity contribution is 5.91. The average molecular weight is 295 g/mol. The van der Waals surface area contributed by atoms with E-state index >= 15 is 0 Å². The molecule has 0 unspecified atom stereocenters. The van der Waals surface area contributed by atoms with Gasteiger partial charge in [-0.05, 0) is 58.5 Å². The lowest BCUT2D eigenvalue weighted by Crippen LogP contribution is -2.41. The number of nitrogens with two attached hydrogens (primary N) is 1. The first-order valence-corrected chi connectivity index (χ1v) is 7.32. The van der Waals surface area contributed by atoms with Gasteiger partial charge in [0, 0.05) is 17.6 Å². The number of hydrogen-bond donors (Lipinski definition) is 2. The molecule has 1 rings (SSSR count). The molecule has 21 heavy (non-hydrogen) atoms. The number of anilines is 2. The summed E-state index contributed by atoms with van der Waals surface area (Å²) in [6.07, 6.45) is 2.14. The zero-order chi connectivity index (χ0) is 16.0. The summed E-state index contributed by atoms with van der Waals surface area (Å²) < 4.78 is 13.5. The molecule has 1 aromatic rings. The monoisotopic (exact) mass is 295 g/mol. The molecule has 0 aromatic heterocycles. The smallest absolute Gasteiger partial charge is 0.224 e. The van der Waals surface area contributed by atoms with E-state index in [0.29, 0.717) is 12.1 Å². The fourth-order valence-electron chi connectivity index (χ4n) is 1.90. The minimum atomic E-state index is -0.471. The summed E-state index contributed by atoms with van der Waals surface area (Å²) >= 11 is 0. The van der Waals surface area contributed by atoms with E-state index < -0.39 is 5.82 Å². The van der Waals surface area contributed by atoms with E-state index in [1.165, 1.54) is 18.2 Å².